The minimum Gasteiger partial charge on any atom is -0.299 e. The first-order chi connectivity index (χ1) is 11.1. The normalized spacial score (nSPS) is 23.0. The quantitative estimate of drug-likeness (QED) is 0.788. The summed E-state index contributed by atoms with van der Waals surface area (Å²) < 4.78 is 0. The molecule has 2 atom stereocenters. The molecule has 0 radical (unpaired) electrons. The monoisotopic (exact) mass is 323 g/mol. The molecule has 2 unspecified atom stereocenters. The van der Waals surface area contributed by atoms with E-state index in [1.807, 2.05) is 60.7 Å². The zero-order valence-electron chi connectivity index (χ0n) is 12.8. The van der Waals surface area contributed by atoms with E-state index in [1.165, 1.54) is 18.7 Å². The van der Waals surface area contributed by atoms with Crippen LogP contribution in [0, 0.1) is 5.92 Å². The van der Waals surface area contributed by atoms with Crippen LogP contribution in [0.5, 0.6) is 0 Å². The molecule has 2 aromatic rings. The van der Waals surface area contributed by atoms with E-state index in [-0.39, 0.29) is 16.8 Å². The summed E-state index contributed by atoms with van der Waals surface area (Å²) in [5.74, 6) is -0.899. The molecule has 0 aliphatic carbocycles. The van der Waals surface area contributed by atoms with E-state index in [2.05, 4.69) is 4.99 Å². The van der Waals surface area contributed by atoms with Gasteiger partial charge in [0.15, 0.2) is 5.78 Å². The van der Waals surface area contributed by atoms with Crippen molar-refractivity contribution in [1.29, 1.82) is 0 Å². The van der Waals surface area contributed by atoms with Crippen LogP contribution in [0.15, 0.2) is 65.7 Å². The highest BCUT2D eigenvalue weighted by Crippen LogP contribution is 2.41. The van der Waals surface area contributed by atoms with Gasteiger partial charge in [0.2, 0.25) is 0 Å². The minimum absolute atomic E-state index is 0.0155. The Balaban J connectivity index is 1.96. The second-order valence-electron chi connectivity index (χ2n) is 5.52. The van der Waals surface area contributed by atoms with Gasteiger partial charge in [-0.3, -0.25) is 9.59 Å². The van der Waals surface area contributed by atoms with Crippen LogP contribution in [0.1, 0.15) is 24.2 Å². The van der Waals surface area contributed by atoms with Gasteiger partial charge in [-0.25, -0.2) is 4.99 Å². The van der Waals surface area contributed by atoms with Crippen molar-refractivity contribution < 1.29 is 9.59 Å². The molecule has 0 aromatic heterocycles. The van der Waals surface area contributed by atoms with Crippen molar-refractivity contribution in [1.82, 2.24) is 0 Å². The number of nitrogens with zero attached hydrogens (tertiary/aromatic N) is 1. The molecule has 0 N–H and O–H groups in total. The predicted octanol–water partition coefficient (Wildman–Crippen LogP) is 4.37. The molecule has 3 nitrogen and oxygen atoms in total. The maximum absolute atomic E-state index is 12.5. The summed E-state index contributed by atoms with van der Waals surface area (Å²) >= 11 is 1.53. The average Bonchev–Trinajstić information content (AvgIpc) is 2.56. The fourth-order valence-corrected chi connectivity index (χ4v) is 4.09. The highest BCUT2D eigenvalue weighted by atomic mass is 32.2. The summed E-state index contributed by atoms with van der Waals surface area (Å²) in [6.45, 7) is 1.46. The van der Waals surface area contributed by atoms with Gasteiger partial charge in [0, 0.05) is 11.7 Å². The average molecular weight is 323 g/mol. The zero-order valence-corrected chi connectivity index (χ0v) is 13.6. The first kappa shape index (κ1) is 15.7. The Morgan fingerprint density at radius 3 is 2.26 bits per heavy atom. The number of thioether (sulfide) groups is 1. The molecule has 1 aliphatic rings. The first-order valence-corrected chi connectivity index (χ1v) is 8.41. The van der Waals surface area contributed by atoms with Gasteiger partial charge in [0.25, 0.3) is 0 Å². The SMILES string of the molecule is CC(=O)C1C(=O)CC(c2ccccc2)SC1=Nc1ccccc1. The number of carbonyl (C=O) groups is 2. The third-order valence-corrected chi connectivity index (χ3v) is 5.08. The Labute approximate surface area is 139 Å². The Kier molecular flexibility index (Phi) is 4.72. The van der Waals surface area contributed by atoms with E-state index in [0.717, 1.165) is 11.3 Å². The molecule has 0 bridgehead atoms. The second kappa shape index (κ2) is 6.92. The Bertz CT molecular complexity index is 740. The molecule has 23 heavy (non-hydrogen) atoms. The predicted molar refractivity (Wildman–Crippen MR) is 94.1 cm³/mol. The molecule has 3 rings (SSSR count). The number of carbonyl (C=O) groups excluding carboxylic acids is 2. The molecule has 1 aliphatic heterocycles. The molecule has 4 heteroatoms. The van der Waals surface area contributed by atoms with Crippen molar-refractivity contribution in [2.24, 2.45) is 10.9 Å². The van der Waals surface area contributed by atoms with Gasteiger partial charge in [-0.05, 0) is 24.6 Å². The molecule has 1 heterocycles. The van der Waals surface area contributed by atoms with Crippen molar-refractivity contribution in [2.75, 3.05) is 0 Å². The van der Waals surface area contributed by atoms with Gasteiger partial charge in [-0.1, -0.05) is 48.5 Å². The number of benzene rings is 2. The standard InChI is InChI=1S/C19H17NO2S/c1-13(21)18-16(22)12-17(14-8-4-2-5-9-14)23-19(18)20-15-10-6-3-7-11-15/h2-11,17-18H,12H2,1H3. The third kappa shape index (κ3) is 3.59. The van der Waals surface area contributed by atoms with E-state index < -0.39 is 5.92 Å². The lowest BCUT2D eigenvalue weighted by Gasteiger charge is -2.27. The Morgan fingerprint density at radius 2 is 1.65 bits per heavy atom. The van der Waals surface area contributed by atoms with Crippen molar-refractivity contribution in [2.45, 2.75) is 18.6 Å². The summed E-state index contributed by atoms with van der Waals surface area (Å²) in [7, 11) is 0. The molecule has 1 fully saturated rings. The number of Topliss-reactive ketones (excluding diaryl/α,β-unsaturated/α-hetero) is 2. The molecule has 116 valence electrons. The lowest BCUT2D eigenvalue weighted by atomic mass is 9.94. The van der Waals surface area contributed by atoms with Crippen LogP contribution >= 0.6 is 11.8 Å². The van der Waals surface area contributed by atoms with Crippen LogP contribution in [0.4, 0.5) is 5.69 Å². The van der Waals surface area contributed by atoms with E-state index in [4.69, 9.17) is 0 Å². The topological polar surface area (TPSA) is 46.5 Å². The maximum atomic E-state index is 12.5. The fraction of sp³-hybridized carbons (Fsp3) is 0.211. The lowest BCUT2D eigenvalue weighted by Crippen LogP contribution is -2.34. The number of aliphatic imine (C=N–C) groups is 1. The lowest BCUT2D eigenvalue weighted by molar-refractivity contribution is -0.128. The fourth-order valence-electron chi connectivity index (χ4n) is 2.67. The van der Waals surface area contributed by atoms with E-state index >= 15 is 0 Å². The summed E-state index contributed by atoms with van der Waals surface area (Å²) in [4.78, 5) is 29.0. The highest BCUT2D eigenvalue weighted by molar-refractivity contribution is 8.14. The summed E-state index contributed by atoms with van der Waals surface area (Å²) in [5, 5.41) is 0.621. The number of para-hydroxylation sites is 1. The number of hydrogen-bond donors (Lipinski definition) is 0. The number of rotatable bonds is 3. The minimum atomic E-state index is -0.722. The van der Waals surface area contributed by atoms with E-state index in [0.29, 0.717) is 11.5 Å². The van der Waals surface area contributed by atoms with Crippen LogP contribution < -0.4 is 0 Å². The first-order valence-electron chi connectivity index (χ1n) is 7.53. The number of hydrogen-bond acceptors (Lipinski definition) is 4. The summed E-state index contributed by atoms with van der Waals surface area (Å²) in [6, 6.07) is 19.4. The van der Waals surface area contributed by atoms with Crippen molar-refractivity contribution in [3.63, 3.8) is 0 Å². The molecular weight excluding hydrogens is 306 g/mol. The van der Waals surface area contributed by atoms with Gasteiger partial charge in [-0.15, -0.1) is 11.8 Å². The van der Waals surface area contributed by atoms with Crippen LogP contribution in [-0.2, 0) is 9.59 Å². The Morgan fingerprint density at radius 1 is 1.04 bits per heavy atom. The van der Waals surface area contributed by atoms with Gasteiger partial charge in [-0.2, -0.15) is 0 Å². The number of ketones is 2. The van der Waals surface area contributed by atoms with E-state index in [1.54, 1.807) is 0 Å². The summed E-state index contributed by atoms with van der Waals surface area (Å²) in [6.07, 6.45) is 0.368. The molecule has 2 aromatic carbocycles. The van der Waals surface area contributed by atoms with Crippen molar-refractivity contribution >= 4 is 34.1 Å². The largest absolute Gasteiger partial charge is 0.299 e. The molecule has 0 spiro atoms. The molecule has 0 saturated carbocycles. The van der Waals surface area contributed by atoms with E-state index in [9.17, 15) is 9.59 Å². The van der Waals surface area contributed by atoms with Gasteiger partial charge in [0.05, 0.1) is 10.7 Å². The highest BCUT2D eigenvalue weighted by Gasteiger charge is 2.38. The van der Waals surface area contributed by atoms with Gasteiger partial charge >= 0.3 is 0 Å². The van der Waals surface area contributed by atoms with Crippen LogP contribution in [0.25, 0.3) is 0 Å². The smallest absolute Gasteiger partial charge is 0.151 e. The van der Waals surface area contributed by atoms with Gasteiger partial charge in [0.1, 0.15) is 11.7 Å². The van der Waals surface area contributed by atoms with Crippen LogP contribution in [0.2, 0.25) is 0 Å². The maximum Gasteiger partial charge on any atom is 0.151 e. The van der Waals surface area contributed by atoms with Crippen molar-refractivity contribution in [3.8, 4) is 0 Å². The molecular formula is C19H17NO2S. The van der Waals surface area contributed by atoms with Crippen molar-refractivity contribution in [3.05, 3.63) is 66.2 Å². The molecule has 0 amide bonds. The zero-order chi connectivity index (χ0) is 16.2. The van der Waals surface area contributed by atoms with Crippen LogP contribution in [0.3, 0.4) is 0 Å². The Hall–Kier alpha value is -2.20. The molecule has 1 saturated heterocycles. The van der Waals surface area contributed by atoms with Gasteiger partial charge < -0.3 is 0 Å². The summed E-state index contributed by atoms with van der Waals surface area (Å²) in [5.41, 5.74) is 1.86. The third-order valence-electron chi connectivity index (χ3n) is 3.79. The second-order valence-corrected chi connectivity index (χ2v) is 6.74. The van der Waals surface area contributed by atoms with Crippen LogP contribution in [-0.4, -0.2) is 16.6 Å².